The van der Waals surface area contributed by atoms with Crippen molar-refractivity contribution >= 4 is 5.91 Å². The van der Waals surface area contributed by atoms with Crippen LogP contribution in [-0.2, 0) is 19.6 Å². The second-order valence-corrected chi connectivity index (χ2v) is 6.65. The SMILES string of the molecule is O=C(NC1CC1)c1ccc(CN(Cc2cocn2)Cc2ccco2)cc1. The molecule has 134 valence electrons. The number of hydrogen-bond acceptors (Lipinski definition) is 5. The summed E-state index contributed by atoms with van der Waals surface area (Å²) in [5.74, 6) is 0.906. The third-order valence-corrected chi connectivity index (χ3v) is 4.36. The molecule has 2 aromatic heterocycles. The van der Waals surface area contributed by atoms with Crippen LogP contribution >= 0.6 is 0 Å². The summed E-state index contributed by atoms with van der Waals surface area (Å²) in [5, 5.41) is 3.01. The van der Waals surface area contributed by atoms with Gasteiger partial charge in [0.05, 0.1) is 18.5 Å². The average Bonchev–Trinajstić information content (AvgIpc) is 3.09. The van der Waals surface area contributed by atoms with Crippen molar-refractivity contribution in [2.24, 2.45) is 0 Å². The Labute approximate surface area is 151 Å². The van der Waals surface area contributed by atoms with Gasteiger partial charge in [-0.25, -0.2) is 4.98 Å². The van der Waals surface area contributed by atoms with Crippen LogP contribution in [0.15, 0.2) is 64.2 Å². The van der Waals surface area contributed by atoms with Gasteiger partial charge in [0.25, 0.3) is 5.91 Å². The molecule has 0 bridgehead atoms. The number of nitrogens with zero attached hydrogens (tertiary/aromatic N) is 2. The van der Waals surface area contributed by atoms with Crippen molar-refractivity contribution in [3.63, 3.8) is 0 Å². The number of amides is 1. The van der Waals surface area contributed by atoms with Gasteiger partial charge in [0.2, 0.25) is 0 Å². The third-order valence-electron chi connectivity index (χ3n) is 4.36. The van der Waals surface area contributed by atoms with E-state index in [1.165, 1.54) is 6.39 Å². The molecule has 0 saturated heterocycles. The van der Waals surface area contributed by atoms with E-state index >= 15 is 0 Å². The molecule has 4 rings (SSSR count). The predicted octanol–water partition coefficient (Wildman–Crippen LogP) is 3.36. The Kier molecular flexibility index (Phi) is 4.84. The molecule has 1 aliphatic rings. The van der Waals surface area contributed by atoms with Crippen LogP contribution in [0.4, 0.5) is 0 Å². The molecule has 3 aromatic rings. The van der Waals surface area contributed by atoms with Crippen molar-refractivity contribution in [2.75, 3.05) is 0 Å². The Morgan fingerprint density at radius 1 is 1.15 bits per heavy atom. The fourth-order valence-electron chi connectivity index (χ4n) is 2.85. The molecule has 6 nitrogen and oxygen atoms in total. The zero-order chi connectivity index (χ0) is 17.8. The molecule has 26 heavy (non-hydrogen) atoms. The molecule has 1 fully saturated rings. The van der Waals surface area contributed by atoms with Crippen molar-refractivity contribution in [3.05, 3.63) is 77.9 Å². The summed E-state index contributed by atoms with van der Waals surface area (Å²) in [6.45, 7) is 2.04. The number of benzene rings is 1. The topological polar surface area (TPSA) is 71.5 Å². The number of furan rings is 1. The van der Waals surface area contributed by atoms with Crippen LogP contribution in [0, 0.1) is 0 Å². The lowest BCUT2D eigenvalue weighted by Crippen LogP contribution is -2.25. The van der Waals surface area contributed by atoms with Gasteiger partial charge in [-0.3, -0.25) is 9.69 Å². The first kappa shape index (κ1) is 16.6. The minimum atomic E-state index is 0.00842. The van der Waals surface area contributed by atoms with Gasteiger partial charge in [0.1, 0.15) is 12.0 Å². The summed E-state index contributed by atoms with van der Waals surface area (Å²) < 4.78 is 10.5. The lowest BCUT2D eigenvalue weighted by molar-refractivity contribution is 0.0951. The Morgan fingerprint density at radius 3 is 2.65 bits per heavy atom. The van der Waals surface area contributed by atoms with Gasteiger partial charge in [0.15, 0.2) is 6.39 Å². The van der Waals surface area contributed by atoms with Crippen molar-refractivity contribution in [2.45, 2.75) is 38.5 Å². The Hall–Kier alpha value is -2.86. The lowest BCUT2D eigenvalue weighted by atomic mass is 10.1. The van der Waals surface area contributed by atoms with Crippen LogP contribution in [0.25, 0.3) is 0 Å². The number of aromatic nitrogens is 1. The van der Waals surface area contributed by atoms with Crippen LogP contribution in [0.2, 0.25) is 0 Å². The molecular formula is C20H21N3O3. The van der Waals surface area contributed by atoms with Crippen molar-refractivity contribution < 1.29 is 13.6 Å². The highest BCUT2D eigenvalue weighted by Gasteiger charge is 2.23. The standard InChI is InChI=1S/C20H21N3O3/c24-20(22-17-7-8-17)16-5-3-15(4-6-16)10-23(11-18-13-25-14-21-18)12-19-2-1-9-26-19/h1-6,9,13-14,17H,7-8,10-12H2,(H,22,24). The molecule has 1 aromatic carbocycles. The monoisotopic (exact) mass is 351 g/mol. The van der Waals surface area contributed by atoms with Gasteiger partial charge in [-0.2, -0.15) is 0 Å². The van der Waals surface area contributed by atoms with E-state index in [0.717, 1.165) is 36.4 Å². The Morgan fingerprint density at radius 2 is 2.00 bits per heavy atom. The number of nitrogens with one attached hydrogen (secondary N) is 1. The maximum Gasteiger partial charge on any atom is 0.251 e. The lowest BCUT2D eigenvalue weighted by Gasteiger charge is -2.20. The van der Waals surface area contributed by atoms with E-state index in [1.54, 1.807) is 12.5 Å². The average molecular weight is 351 g/mol. The quantitative estimate of drug-likeness (QED) is 0.674. The van der Waals surface area contributed by atoms with Gasteiger partial charge < -0.3 is 14.2 Å². The summed E-state index contributed by atoms with van der Waals surface area (Å²) in [6.07, 6.45) is 6.95. The van der Waals surface area contributed by atoms with Crippen LogP contribution in [0.1, 0.15) is 40.2 Å². The molecule has 0 aliphatic heterocycles. The van der Waals surface area contributed by atoms with E-state index in [4.69, 9.17) is 8.83 Å². The van der Waals surface area contributed by atoms with E-state index in [9.17, 15) is 4.79 Å². The van der Waals surface area contributed by atoms with Crippen LogP contribution in [0.5, 0.6) is 0 Å². The zero-order valence-corrected chi connectivity index (χ0v) is 14.4. The second-order valence-electron chi connectivity index (χ2n) is 6.65. The largest absolute Gasteiger partial charge is 0.468 e. The maximum absolute atomic E-state index is 12.1. The molecule has 1 aliphatic carbocycles. The van der Waals surface area contributed by atoms with Crippen LogP contribution in [-0.4, -0.2) is 21.8 Å². The van der Waals surface area contributed by atoms with E-state index < -0.39 is 0 Å². The highest BCUT2D eigenvalue weighted by atomic mass is 16.3. The van der Waals surface area contributed by atoms with Gasteiger partial charge in [0, 0.05) is 24.7 Å². The van der Waals surface area contributed by atoms with Gasteiger partial charge in [-0.1, -0.05) is 12.1 Å². The van der Waals surface area contributed by atoms with E-state index in [2.05, 4.69) is 15.2 Å². The number of hydrogen-bond donors (Lipinski definition) is 1. The molecule has 0 spiro atoms. The van der Waals surface area contributed by atoms with Gasteiger partial charge >= 0.3 is 0 Å². The number of carbonyl (C=O) groups is 1. The molecular weight excluding hydrogens is 330 g/mol. The van der Waals surface area contributed by atoms with Gasteiger partial charge in [-0.15, -0.1) is 0 Å². The molecule has 6 heteroatoms. The van der Waals surface area contributed by atoms with Crippen molar-refractivity contribution in [1.29, 1.82) is 0 Å². The maximum atomic E-state index is 12.1. The van der Waals surface area contributed by atoms with E-state index in [0.29, 0.717) is 24.7 Å². The van der Waals surface area contributed by atoms with Crippen LogP contribution < -0.4 is 5.32 Å². The highest BCUT2D eigenvalue weighted by molar-refractivity contribution is 5.94. The van der Waals surface area contributed by atoms with Crippen LogP contribution in [0.3, 0.4) is 0 Å². The van der Waals surface area contributed by atoms with E-state index in [1.807, 2.05) is 36.4 Å². The van der Waals surface area contributed by atoms with E-state index in [-0.39, 0.29) is 5.91 Å². The molecule has 0 atom stereocenters. The fourth-order valence-corrected chi connectivity index (χ4v) is 2.85. The summed E-state index contributed by atoms with van der Waals surface area (Å²) >= 11 is 0. The first-order chi connectivity index (χ1) is 12.8. The number of carbonyl (C=O) groups excluding carboxylic acids is 1. The first-order valence-electron chi connectivity index (χ1n) is 8.78. The Balaban J connectivity index is 1.42. The first-order valence-corrected chi connectivity index (χ1v) is 8.78. The molecule has 1 amide bonds. The fraction of sp³-hybridized carbons (Fsp3) is 0.300. The molecule has 0 radical (unpaired) electrons. The number of oxazole rings is 1. The summed E-state index contributed by atoms with van der Waals surface area (Å²) in [5.41, 5.74) is 2.70. The molecule has 1 N–H and O–H groups in total. The molecule has 2 heterocycles. The number of rotatable bonds is 8. The Bertz CT molecular complexity index is 786. The smallest absolute Gasteiger partial charge is 0.251 e. The van der Waals surface area contributed by atoms with Gasteiger partial charge in [-0.05, 0) is 42.7 Å². The summed E-state index contributed by atoms with van der Waals surface area (Å²) in [6, 6.07) is 12.0. The minimum absolute atomic E-state index is 0.00842. The second kappa shape index (κ2) is 7.58. The third kappa shape index (κ3) is 4.40. The van der Waals surface area contributed by atoms with Crippen molar-refractivity contribution in [3.8, 4) is 0 Å². The normalized spacial score (nSPS) is 13.9. The zero-order valence-electron chi connectivity index (χ0n) is 14.4. The minimum Gasteiger partial charge on any atom is -0.468 e. The molecule has 1 saturated carbocycles. The highest BCUT2D eigenvalue weighted by Crippen LogP contribution is 2.20. The summed E-state index contributed by atoms with van der Waals surface area (Å²) in [4.78, 5) is 18.5. The summed E-state index contributed by atoms with van der Waals surface area (Å²) in [7, 11) is 0. The predicted molar refractivity (Wildman–Crippen MR) is 95.1 cm³/mol. The van der Waals surface area contributed by atoms with Crippen molar-refractivity contribution in [1.82, 2.24) is 15.2 Å². The molecule has 0 unspecified atom stereocenters.